The minimum Gasteiger partial charge on any atom is -0.489 e. The molecule has 4 rings (SSSR count). The van der Waals surface area contributed by atoms with Crippen molar-refractivity contribution in [1.29, 1.82) is 0 Å². The Hall–Kier alpha value is -2.33. The maximum absolute atomic E-state index is 5.92. The molecule has 3 aromatic rings. The fraction of sp³-hybridized carbons (Fsp3) is 0.286. The van der Waals surface area contributed by atoms with Gasteiger partial charge in [-0.25, -0.2) is 4.98 Å². The van der Waals surface area contributed by atoms with Crippen LogP contribution in [0.5, 0.6) is 5.75 Å². The summed E-state index contributed by atoms with van der Waals surface area (Å²) in [6.07, 6.45) is 4.76. The summed E-state index contributed by atoms with van der Waals surface area (Å²) in [7, 11) is 0. The first-order valence-electron chi connectivity index (χ1n) is 8.75. The molecule has 1 aliphatic rings. The second-order valence-corrected chi connectivity index (χ2v) is 7.55. The molecule has 1 saturated carbocycles. The third kappa shape index (κ3) is 3.27. The summed E-state index contributed by atoms with van der Waals surface area (Å²) in [6, 6.07) is 18.8. The molecule has 3 nitrogen and oxygen atoms in total. The lowest BCUT2D eigenvalue weighted by Crippen LogP contribution is -2.24. The quantitative estimate of drug-likeness (QED) is 0.691. The van der Waals surface area contributed by atoms with Crippen LogP contribution in [0.2, 0.25) is 0 Å². The number of rotatable bonds is 5. The first-order valence-corrected chi connectivity index (χ1v) is 9.63. The molecule has 1 aliphatic carbocycles. The van der Waals surface area contributed by atoms with Crippen molar-refractivity contribution >= 4 is 16.5 Å². The molecule has 0 bridgehead atoms. The van der Waals surface area contributed by atoms with Crippen LogP contribution in [0.15, 0.2) is 60.0 Å². The van der Waals surface area contributed by atoms with Crippen molar-refractivity contribution in [1.82, 2.24) is 4.98 Å². The molecule has 0 saturated heterocycles. The standard InChI is InChI=1S/C21H22N2OS/c22-20-23-19(15-25-20)21(12-4-5-13-21)17-8-10-18(11-9-17)24-14-16-6-2-1-3-7-16/h1-3,6-11,15H,4-5,12-14H2,(H2,22,23). The monoisotopic (exact) mass is 350 g/mol. The number of nitrogen functional groups attached to an aromatic ring is 1. The molecule has 0 aliphatic heterocycles. The van der Waals surface area contributed by atoms with Gasteiger partial charge in [-0.3, -0.25) is 0 Å². The van der Waals surface area contributed by atoms with Crippen LogP contribution in [-0.2, 0) is 12.0 Å². The van der Waals surface area contributed by atoms with Crippen LogP contribution in [0.1, 0.15) is 42.5 Å². The average molecular weight is 350 g/mol. The van der Waals surface area contributed by atoms with Crippen LogP contribution >= 0.6 is 11.3 Å². The molecule has 2 N–H and O–H groups in total. The van der Waals surface area contributed by atoms with E-state index in [0.717, 1.165) is 24.3 Å². The van der Waals surface area contributed by atoms with Gasteiger partial charge in [0.2, 0.25) is 0 Å². The Morgan fingerprint density at radius 3 is 2.36 bits per heavy atom. The zero-order chi connectivity index (χ0) is 17.1. The summed E-state index contributed by atoms with van der Waals surface area (Å²) in [5.41, 5.74) is 9.54. The van der Waals surface area contributed by atoms with Crippen molar-refractivity contribution in [2.24, 2.45) is 0 Å². The Balaban J connectivity index is 1.54. The van der Waals surface area contributed by atoms with Crippen molar-refractivity contribution in [3.8, 4) is 5.75 Å². The molecule has 1 fully saturated rings. The minimum absolute atomic E-state index is 0.0199. The summed E-state index contributed by atoms with van der Waals surface area (Å²) in [5.74, 6) is 0.901. The lowest BCUT2D eigenvalue weighted by atomic mass is 9.76. The van der Waals surface area contributed by atoms with Gasteiger partial charge in [0.05, 0.1) is 5.69 Å². The first kappa shape index (κ1) is 16.2. The number of hydrogen-bond acceptors (Lipinski definition) is 4. The third-order valence-corrected chi connectivity index (χ3v) is 5.80. The maximum Gasteiger partial charge on any atom is 0.180 e. The Morgan fingerprint density at radius 2 is 1.72 bits per heavy atom. The van der Waals surface area contributed by atoms with Crippen LogP contribution in [-0.4, -0.2) is 4.98 Å². The van der Waals surface area contributed by atoms with Gasteiger partial charge in [-0.1, -0.05) is 55.3 Å². The first-order chi connectivity index (χ1) is 12.3. The SMILES string of the molecule is Nc1nc(C2(c3ccc(OCc4ccccc4)cc3)CCCC2)cs1. The summed E-state index contributed by atoms with van der Waals surface area (Å²) < 4.78 is 5.92. The van der Waals surface area contributed by atoms with E-state index in [-0.39, 0.29) is 5.41 Å². The highest BCUT2D eigenvalue weighted by atomic mass is 32.1. The Morgan fingerprint density at radius 1 is 1.00 bits per heavy atom. The Labute approximate surface area is 152 Å². The van der Waals surface area contributed by atoms with Gasteiger partial charge in [0.15, 0.2) is 5.13 Å². The van der Waals surface area contributed by atoms with Crippen molar-refractivity contribution < 1.29 is 4.74 Å². The molecule has 1 aromatic heterocycles. The Bertz CT molecular complexity index is 821. The highest BCUT2D eigenvalue weighted by molar-refractivity contribution is 7.13. The van der Waals surface area contributed by atoms with E-state index in [0.29, 0.717) is 11.7 Å². The van der Waals surface area contributed by atoms with Crippen LogP contribution in [0.3, 0.4) is 0 Å². The van der Waals surface area contributed by atoms with Crippen molar-refractivity contribution in [3.63, 3.8) is 0 Å². The van der Waals surface area contributed by atoms with Gasteiger partial charge in [-0.15, -0.1) is 11.3 Å². The van der Waals surface area contributed by atoms with Crippen LogP contribution in [0.25, 0.3) is 0 Å². The molecular formula is C21H22N2OS. The van der Waals surface area contributed by atoms with Crippen LogP contribution in [0.4, 0.5) is 5.13 Å². The lowest BCUT2D eigenvalue weighted by molar-refractivity contribution is 0.306. The molecule has 0 spiro atoms. The zero-order valence-corrected chi connectivity index (χ0v) is 15.0. The number of nitrogens with two attached hydrogens (primary N) is 1. The van der Waals surface area contributed by atoms with E-state index in [9.17, 15) is 0 Å². The number of thiazole rings is 1. The molecule has 25 heavy (non-hydrogen) atoms. The number of ether oxygens (including phenoxy) is 1. The molecule has 0 unspecified atom stereocenters. The predicted octanol–water partition coefficient (Wildman–Crippen LogP) is 5.16. The molecule has 4 heteroatoms. The zero-order valence-electron chi connectivity index (χ0n) is 14.2. The summed E-state index contributed by atoms with van der Waals surface area (Å²) in [5, 5.41) is 2.78. The summed E-state index contributed by atoms with van der Waals surface area (Å²) >= 11 is 1.54. The third-order valence-electron chi connectivity index (χ3n) is 5.12. The largest absolute Gasteiger partial charge is 0.489 e. The highest BCUT2D eigenvalue weighted by Crippen LogP contribution is 2.47. The van der Waals surface area contributed by atoms with Crippen molar-refractivity contribution in [2.75, 3.05) is 5.73 Å². The lowest BCUT2D eigenvalue weighted by Gasteiger charge is -2.28. The van der Waals surface area contributed by atoms with Gasteiger partial charge in [0.25, 0.3) is 0 Å². The van der Waals surface area contributed by atoms with Crippen molar-refractivity contribution in [2.45, 2.75) is 37.7 Å². The topological polar surface area (TPSA) is 48.1 Å². The molecule has 1 heterocycles. The summed E-state index contributed by atoms with van der Waals surface area (Å²) in [6.45, 7) is 0.591. The molecule has 0 radical (unpaired) electrons. The molecule has 2 aromatic carbocycles. The van der Waals surface area contributed by atoms with Gasteiger partial charge >= 0.3 is 0 Å². The van der Waals surface area contributed by atoms with Gasteiger partial charge in [-0.2, -0.15) is 0 Å². The van der Waals surface area contributed by atoms with Crippen LogP contribution < -0.4 is 10.5 Å². The van der Waals surface area contributed by atoms with E-state index in [4.69, 9.17) is 10.5 Å². The second kappa shape index (κ2) is 6.89. The van der Waals surface area contributed by atoms with E-state index in [2.05, 4.69) is 46.8 Å². The minimum atomic E-state index is 0.0199. The normalized spacial score (nSPS) is 16.0. The number of benzene rings is 2. The number of hydrogen-bond donors (Lipinski definition) is 1. The van der Waals surface area contributed by atoms with Gasteiger partial charge in [-0.05, 0) is 36.1 Å². The van der Waals surface area contributed by atoms with Crippen LogP contribution in [0, 0.1) is 0 Å². The number of anilines is 1. The fourth-order valence-electron chi connectivity index (χ4n) is 3.79. The molecular weight excluding hydrogens is 328 g/mol. The van der Waals surface area contributed by atoms with E-state index in [1.54, 1.807) is 0 Å². The molecule has 0 amide bonds. The number of aromatic nitrogens is 1. The smallest absolute Gasteiger partial charge is 0.180 e. The van der Waals surface area contributed by atoms with Gasteiger partial charge in [0, 0.05) is 10.8 Å². The van der Waals surface area contributed by atoms with E-state index >= 15 is 0 Å². The Kier molecular flexibility index (Phi) is 4.45. The van der Waals surface area contributed by atoms with E-state index in [1.165, 1.54) is 35.3 Å². The summed E-state index contributed by atoms with van der Waals surface area (Å²) in [4.78, 5) is 4.60. The molecule has 128 valence electrons. The fourth-order valence-corrected chi connectivity index (χ4v) is 4.45. The van der Waals surface area contributed by atoms with Gasteiger partial charge in [0.1, 0.15) is 12.4 Å². The van der Waals surface area contributed by atoms with Crippen molar-refractivity contribution in [3.05, 3.63) is 76.8 Å². The predicted molar refractivity (Wildman–Crippen MR) is 103 cm³/mol. The number of nitrogens with zero attached hydrogens (tertiary/aromatic N) is 1. The van der Waals surface area contributed by atoms with E-state index < -0.39 is 0 Å². The second-order valence-electron chi connectivity index (χ2n) is 6.66. The van der Waals surface area contributed by atoms with E-state index in [1.807, 2.05) is 18.2 Å². The highest BCUT2D eigenvalue weighted by Gasteiger charge is 2.39. The average Bonchev–Trinajstić information content (AvgIpc) is 3.31. The molecule has 0 atom stereocenters. The maximum atomic E-state index is 5.92. The van der Waals surface area contributed by atoms with Gasteiger partial charge < -0.3 is 10.5 Å².